The molecule has 1 N–H and O–H groups in total. The quantitative estimate of drug-likeness (QED) is 0.877. The van der Waals surface area contributed by atoms with E-state index < -0.39 is 0 Å². The van der Waals surface area contributed by atoms with E-state index in [-0.39, 0.29) is 5.91 Å². The Morgan fingerprint density at radius 2 is 2.32 bits per heavy atom. The van der Waals surface area contributed by atoms with Crippen LogP contribution in [0.1, 0.15) is 28.9 Å². The number of halogens is 1. The van der Waals surface area contributed by atoms with Crippen LogP contribution < -0.4 is 5.32 Å². The number of alkyl halides is 1. The van der Waals surface area contributed by atoms with Gasteiger partial charge >= 0.3 is 0 Å². The normalized spacial score (nSPS) is 14.4. The zero-order chi connectivity index (χ0) is 13.2. The molecule has 19 heavy (non-hydrogen) atoms. The van der Waals surface area contributed by atoms with Crippen molar-refractivity contribution in [1.29, 1.82) is 0 Å². The number of amides is 1. The van der Waals surface area contributed by atoms with E-state index in [1.807, 2.05) is 29.6 Å². The van der Waals surface area contributed by atoms with Gasteiger partial charge in [0.1, 0.15) is 5.01 Å². The van der Waals surface area contributed by atoms with Gasteiger partial charge in [0.15, 0.2) is 0 Å². The van der Waals surface area contributed by atoms with Crippen LogP contribution >= 0.6 is 22.9 Å². The minimum atomic E-state index is -0.00141. The van der Waals surface area contributed by atoms with Gasteiger partial charge in [0.25, 0.3) is 5.91 Å². The van der Waals surface area contributed by atoms with Crippen LogP contribution in [-0.4, -0.2) is 16.9 Å². The molecular formula is C14H13ClN2OS. The second kappa shape index (κ2) is 5.31. The lowest BCUT2D eigenvalue weighted by Crippen LogP contribution is -2.25. The Morgan fingerprint density at radius 3 is 3.00 bits per heavy atom. The SMILES string of the molecule is O=C(NC1CC1)c1cccc(-c2nc(CCl)cs2)c1. The molecule has 0 unspecified atom stereocenters. The van der Waals surface area contributed by atoms with E-state index in [4.69, 9.17) is 11.6 Å². The zero-order valence-electron chi connectivity index (χ0n) is 10.2. The van der Waals surface area contributed by atoms with Gasteiger partial charge in [-0.1, -0.05) is 12.1 Å². The first-order valence-corrected chi connectivity index (χ1v) is 7.59. The Morgan fingerprint density at radius 1 is 1.47 bits per heavy atom. The van der Waals surface area contributed by atoms with Crippen LogP contribution in [0.3, 0.4) is 0 Å². The summed E-state index contributed by atoms with van der Waals surface area (Å²) in [4.78, 5) is 16.4. The fraction of sp³-hybridized carbons (Fsp3) is 0.286. The molecule has 0 atom stereocenters. The molecule has 0 spiro atoms. The number of hydrogen-bond donors (Lipinski definition) is 1. The minimum Gasteiger partial charge on any atom is -0.349 e. The molecule has 2 aromatic rings. The predicted molar refractivity (Wildman–Crippen MR) is 77.6 cm³/mol. The number of thiazole rings is 1. The van der Waals surface area contributed by atoms with Gasteiger partial charge < -0.3 is 5.32 Å². The molecule has 0 aliphatic heterocycles. The average Bonchev–Trinajstić information content (AvgIpc) is 3.12. The molecule has 1 aliphatic rings. The third-order valence-corrected chi connectivity index (χ3v) is 4.19. The van der Waals surface area contributed by atoms with E-state index >= 15 is 0 Å². The molecule has 0 saturated heterocycles. The maximum Gasteiger partial charge on any atom is 0.251 e. The van der Waals surface area contributed by atoms with Crippen LogP contribution in [0.4, 0.5) is 0 Å². The van der Waals surface area contributed by atoms with Crippen molar-refractivity contribution in [3.63, 3.8) is 0 Å². The summed E-state index contributed by atoms with van der Waals surface area (Å²) in [6.07, 6.45) is 2.19. The van der Waals surface area contributed by atoms with Crippen LogP contribution in [0.5, 0.6) is 0 Å². The van der Waals surface area contributed by atoms with Crippen LogP contribution in [0.25, 0.3) is 10.6 Å². The van der Waals surface area contributed by atoms with E-state index in [0.29, 0.717) is 17.5 Å². The Hall–Kier alpha value is -1.39. The number of carbonyl (C=O) groups excluding carboxylic acids is 1. The highest BCUT2D eigenvalue weighted by Crippen LogP contribution is 2.25. The predicted octanol–water partition coefficient (Wildman–Crippen LogP) is 3.44. The largest absolute Gasteiger partial charge is 0.349 e. The van der Waals surface area contributed by atoms with Crippen molar-refractivity contribution in [2.24, 2.45) is 0 Å². The number of carbonyl (C=O) groups is 1. The van der Waals surface area contributed by atoms with Gasteiger partial charge in [0, 0.05) is 22.5 Å². The highest BCUT2D eigenvalue weighted by atomic mass is 35.5. The van der Waals surface area contributed by atoms with Crippen molar-refractivity contribution in [1.82, 2.24) is 10.3 Å². The van der Waals surface area contributed by atoms with Crippen molar-refractivity contribution >= 4 is 28.8 Å². The topological polar surface area (TPSA) is 42.0 Å². The molecule has 3 rings (SSSR count). The lowest BCUT2D eigenvalue weighted by atomic mass is 10.1. The van der Waals surface area contributed by atoms with Gasteiger partial charge in [-0.2, -0.15) is 0 Å². The van der Waals surface area contributed by atoms with Gasteiger partial charge in [-0.15, -0.1) is 22.9 Å². The molecule has 98 valence electrons. The van der Waals surface area contributed by atoms with Crippen molar-refractivity contribution in [3.8, 4) is 10.6 Å². The molecule has 1 fully saturated rings. The van der Waals surface area contributed by atoms with Gasteiger partial charge in [0.2, 0.25) is 0 Å². The summed E-state index contributed by atoms with van der Waals surface area (Å²) in [6.45, 7) is 0. The molecule has 0 radical (unpaired) electrons. The van der Waals surface area contributed by atoms with E-state index in [9.17, 15) is 4.79 Å². The molecule has 1 aromatic heterocycles. The van der Waals surface area contributed by atoms with Crippen LogP contribution in [0.2, 0.25) is 0 Å². The molecule has 1 aromatic carbocycles. The Labute approximate surface area is 120 Å². The van der Waals surface area contributed by atoms with Crippen molar-refractivity contribution in [2.75, 3.05) is 0 Å². The van der Waals surface area contributed by atoms with Crippen molar-refractivity contribution in [3.05, 3.63) is 40.9 Å². The lowest BCUT2D eigenvalue weighted by Gasteiger charge is -2.04. The van der Waals surface area contributed by atoms with Gasteiger partial charge in [-0.25, -0.2) is 4.98 Å². The highest BCUT2D eigenvalue weighted by Gasteiger charge is 2.23. The molecule has 3 nitrogen and oxygen atoms in total. The summed E-state index contributed by atoms with van der Waals surface area (Å²) in [5.41, 5.74) is 2.52. The number of nitrogens with one attached hydrogen (secondary N) is 1. The summed E-state index contributed by atoms with van der Waals surface area (Å²) >= 11 is 7.30. The van der Waals surface area contributed by atoms with E-state index in [0.717, 1.165) is 29.1 Å². The van der Waals surface area contributed by atoms with Crippen LogP contribution in [-0.2, 0) is 5.88 Å². The zero-order valence-corrected chi connectivity index (χ0v) is 11.8. The fourth-order valence-electron chi connectivity index (χ4n) is 1.79. The number of hydrogen-bond acceptors (Lipinski definition) is 3. The van der Waals surface area contributed by atoms with Crippen molar-refractivity contribution in [2.45, 2.75) is 24.8 Å². The Bertz CT molecular complexity index is 607. The summed E-state index contributed by atoms with van der Waals surface area (Å²) in [5, 5.41) is 5.83. The molecule has 0 bridgehead atoms. The third kappa shape index (κ3) is 2.96. The van der Waals surface area contributed by atoms with E-state index in [1.54, 1.807) is 11.3 Å². The summed E-state index contributed by atoms with van der Waals surface area (Å²) < 4.78 is 0. The average molecular weight is 293 g/mol. The van der Waals surface area contributed by atoms with Crippen molar-refractivity contribution < 1.29 is 4.79 Å². The number of benzene rings is 1. The van der Waals surface area contributed by atoms with Crippen LogP contribution in [0.15, 0.2) is 29.6 Å². The Kier molecular flexibility index (Phi) is 3.53. The van der Waals surface area contributed by atoms with E-state index in [2.05, 4.69) is 10.3 Å². The first-order valence-electron chi connectivity index (χ1n) is 6.18. The lowest BCUT2D eigenvalue weighted by molar-refractivity contribution is 0.0951. The molecule has 5 heteroatoms. The summed E-state index contributed by atoms with van der Waals surface area (Å²) in [5.74, 6) is 0.414. The monoisotopic (exact) mass is 292 g/mol. The maximum absolute atomic E-state index is 12.0. The first-order chi connectivity index (χ1) is 9.26. The van der Waals surface area contributed by atoms with Crippen LogP contribution in [0, 0.1) is 0 Å². The maximum atomic E-state index is 12.0. The highest BCUT2D eigenvalue weighted by molar-refractivity contribution is 7.13. The van der Waals surface area contributed by atoms with Gasteiger partial charge in [-0.3, -0.25) is 4.79 Å². The van der Waals surface area contributed by atoms with E-state index in [1.165, 1.54) is 0 Å². The molecular weight excluding hydrogens is 280 g/mol. The minimum absolute atomic E-state index is 0.00141. The first kappa shape index (κ1) is 12.6. The number of aromatic nitrogens is 1. The van der Waals surface area contributed by atoms with Gasteiger partial charge in [-0.05, 0) is 25.0 Å². The Balaban J connectivity index is 1.83. The van der Waals surface area contributed by atoms with Gasteiger partial charge in [0.05, 0.1) is 11.6 Å². The summed E-state index contributed by atoms with van der Waals surface area (Å²) in [7, 11) is 0. The second-order valence-electron chi connectivity index (χ2n) is 4.61. The molecule has 1 aliphatic carbocycles. The fourth-order valence-corrected chi connectivity index (χ4v) is 2.84. The third-order valence-electron chi connectivity index (χ3n) is 2.97. The number of rotatable bonds is 4. The standard InChI is InChI=1S/C14H13ClN2OS/c15-7-12-8-19-14(17-12)10-3-1-2-9(6-10)13(18)16-11-4-5-11/h1-3,6,8,11H,4-5,7H2,(H,16,18). The molecule has 1 heterocycles. The molecule has 1 saturated carbocycles. The molecule has 1 amide bonds. The second-order valence-corrected chi connectivity index (χ2v) is 5.73. The smallest absolute Gasteiger partial charge is 0.251 e. The number of nitrogens with zero attached hydrogens (tertiary/aromatic N) is 1. The summed E-state index contributed by atoms with van der Waals surface area (Å²) in [6, 6.07) is 7.94.